The highest BCUT2D eigenvalue weighted by molar-refractivity contribution is 14.0. The fourth-order valence-electron chi connectivity index (χ4n) is 4.15. The number of aliphatic imine (C=N–C) groups is 1. The molecule has 2 N–H and O–H groups in total. The van der Waals surface area contributed by atoms with Crippen LogP contribution >= 0.6 is 24.0 Å². The first-order valence-electron chi connectivity index (χ1n) is 10.6. The van der Waals surface area contributed by atoms with Crippen molar-refractivity contribution >= 4 is 41.8 Å². The highest BCUT2D eigenvalue weighted by atomic mass is 127. The molecule has 2 aliphatic heterocycles. The molecule has 1 atom stereocenters. The molecule has 2 aliphatic rings. The second-order valence-corrected chi connectivity index (χ2v) is 8.05. The zero-order valence-corrected chi connectivity index (χ0v) is 20.8. The maximum Gasteiger partial charge on any atom is 0.254 e. The smallest absolute Gasteiger partial charge is 0.254 e. The molecule has 2 aromatic rings. The van der Waals surface area contributed by atoms with Gasteiger partial charge < -0.3 is 20.4 Å². The summed E-state index contributed by atoms with van der Waals surface area (Å²) in [4.78, 5) is 32.4. The fraction of sp³-hybridized carbons (Fsp3) is 0.455. The highest BCUT2D eigenvalue weighted by Crippen LogP contribution is 2.26. The van der Waals surface area contributed by atoms with Crippen molar-refractivity contribution in [1.82, 2.24) is 30.2 Å². The monoisotopic (exact) mass is 551 g/mol. The number of aryl methyl sites for hydroxylation is 1. The minimum absolute atomic E-state index is 0. The Morgan fingerprint density at radius 2 is 2.03 bits per heavy atom. The predicted molar refractivity (Wildman–Crippen MR) is 133 cm³/mol. The van der Waals surface area contributed by atoms with Gasteiger partial charge >= 0.3 is 0 Å². The van der Waals surface area contributed by atoms with Crippen LogP contribution in [-0.4, -0.2) is 77.1 Å². The summed E-state index contributed by atoms with van der Waals surface area (Å²) < 4.78 is 1.85. The van der Waals surface area contributed by atoms with Crippen molar-refractivity contribution in [3.05, 3.63) is 53.3 Å². The Labute approximate surface area is 205 Å². The van der Waals surface area contributed by atoms with Crippen molar-refractivity contribution in [2.24, 2.45) is 12.0 Å². The summed E-state index contributed by atoms with van der Waals surface area (Å²) in [5, 5.41) is 10.5. The van der Waals surface area contributed by atoms with Crippen LogP contribution in [0.1, 0.15) is 33.8 Å². The number of carbonyl (C=O) groups is 2. The molecule has 0 bridgehead atoms. The maximum absolute atomic E-state index is 12.6. The van der Waals surface area contributed by atoms with Gasteiger partial charge in [-0.2, -0.15) is 5.10 Å². The van der Waals surface area contributed by atoms with Gasteiger partial charge in [-0.25, -0.2) is 0 Å². The van der Waals surface area contributed by atoms with Gasteiger partial charge in [-0.05, 0) is 29.7 Å². The van der Waals surface area contributed by atoms with E-state index in [1.165, 1.54) is 5.56 Å². The molecule has 1 aromatic carbocycles. The van der Waals surface area contributed by atoms with Gasteiger partial charge in [0.2, 0.25) is 5.91 Å². The van der Waals surface area contributed by atoms with E-state index in [-0.39, 0.29) is 42.3 Å². The third-order valence-electron chi connectivity index (χ3n) is 5.87. The van der Waals surface area contributed by atoms with Crippen molar-refractivity contribution in [2.45, 2.75) is 18.9 Å². The molecule has 1 aromatic heterocycles. The van der Waals surface area contributed by atoms with E-state index in [4.69, 9.17) is 0 Å². The van der Waals surface area contributed by atoms with Crippen molar-refractivity contribution in [3.63, 3.8) is 0 Å². The van der Waals surface area contributed by atoms with Crippen molar-refractivity contribution in [2.75, 3.05) is 39.8 Å². The number of hydrogen-bond donors (Lipinski definition) is 2. The molecule has 32 heavy (non-hydrogen) atoms. The zero-order chi connectivity index (χ0) is 21.8. The molecule has 2 amide bonds. The van der Waals surface area contributed by atoms with Gasteiger partial charge in [-0.3, -0.25) is 19.3 Å². The summed E-state index contributed by atoms with van der Waals surface area (Å²) >= 11 is 0. The highest BCUT2D eigenvalue weighted by Gasteiger charge is 2.27. The van der Waals surface area contributed by atoms with Crippen molar-refractivity contribution in [3.8, 4) is 0 Å². The summed E-state index contributed by atoms with van der Waals surface area (Å²) in [6, 6.07) is 7.53. The lowest BCUT2D eigenvalue weighted by atomic mass is 10.0. The lowest BCUT2D eigenvalue weighted by molar-refractivity contribution is -0.123. The van der Waals surface area contributed by atoms with Crippen molar-refractivity contribution in [1.29, 1.82) is 0 Å². The number of amides is 2. The zero-order valence-electron chi connectivity index (χ0n) is 18.5. The van der Waals surface area contributed by atoms with Crippen LogP contribution in [0.25, 0.3) is 0 Å². The maximum atomic E-state index is 12.6. The number of nitrogens with zero attached hydrogens (tertiary/aromatic N) is 5. The Hall–Kier alpha value is -2.63. The van der Waals surface area contributed by atoms with Gasteiger partial charge in [-0.1, -0.05) is 12.1 Å². The first-order valence-corrected chi connectivity index (χ1v) is 10.6. The number of benzene rings is 1. The number of nitrogens with one attached hydrogen (secondary N) is 2. The third kappa shape index (κ3) is 5.59. The van der Waals surface area contributed by atoms with Crippen LogP contribution in [0.5, 0.6) is 0 Å². The Kier molecular flexibility index (Phi) is 8.10. The van der Waals surface area contributed by atoms with E-state index in [0.29, 0.717) is 31.1 Å². The van der Waals surface area contributed by atoms with Crippen molar-refractivity contribution < 1.29 is 9.59 Å². The normalized spacial score (nSPS) is 18.9. The molecule has 10 heteroatoms. The molecular weight excluding hydrogens is 521 g/mol. The molecule has 172 valence electrons. The standard InChI is InChI=1S/C22H29N7O2.HI/c1-23-22(29-9-7-18(14-29)19-12-26-27(2)13-19)25-11-16-3-5-17(6-4-16)21(31)28-10-8-24-20(30)15-28;/h3-6,12-13,18H,7-11,14-15H2,1-2H3,(H,23,25)(H,24,30);1H. The quantitative estimate of drug-likeness (QED) is 0.338. The number of hydrogen-bond acceptors (Lipinski definition) is 4. The molecular formula is C22H30IN7O2. The molecule has 0 spiro atoms. The van der Waals surface area contributed by atoms with Crippen LogP contribution in [0.4, 0.5) is 0 Å². The number of likely N-dealkylation sites (tertiary alicyclic amines) is 1. The summed E-state index contributed by atoms with van der Waals surface area (Å²) in [5.74, 6) is 1.13. The number of guanidine groups is 1. The number of aromatic nitrogens is 2. The molecule has 4 rings (SSSR count). The Balaban J connectivity index is 0.00000289. The largest absolute Gasteiger partial charge is 0.353 e. The van der Waals surface area contributed by atoms with Gasteiger partial charge in [0, 0.05) is 64.5 Å². The number of rotatable bonds is 4. The molecule has 1 unspecified atom stereocenters. The number of piperazine rings is 1. The van der Waals surface area contributed by atoms with E-state index in [0.717, 1.165) is 31.0 Å². The van der Waals surface area contributed by atoms with Crippen LogP contribution in [0.3, 0.4) is 0 Å². The van der Waals surface area contributed by atoms with E-state index < -0.39 is 0 Å². The second kappa shape index (κ2) is 10.8. The summed E-state index contributed by atoms with van der Waals surface area (Å²) in [5.41, 5.74) is 2.94. The van der Waals surface area contributed by atoms with Crippen LogP contribution in [0, 0.1) is 0 Å². The Morgan fingerprint density at radius 3 is 2.69 bits per heavy atom. The van der Waals surface area contributed by atoms with E-state index in [1.54, 1.807) is 11.9 Å². The van der Waals surface area contributed by atoms with Crippen LogP contribution in [0.15, 0.2) is 41.7 Å². The molecule has 2 fully saturated rings. The molecule has 0 radical (unpaired) electrons. The fourth-order valence-corrected chi connectivity index (χ4v) is 4.15. The van der Waals surface area contributed by atoms with E-state index in [9.17, 15) is 9.59 Å². The molecule has 2 saturated heterocycles. The Morgan fingerprint density at radius 1 is 1.25 bits per heavy atom. The minimum atomic E-state index is -0.112. The molecule has 9 nitrogen and oxygen atoms in total. The van der Waals surface area contributed by atoms with Gasteiger partial charge in [-0.15, -0.1) is 24.0 Å². The lowest BCUT2D eigenvalue weighted by Crippen LogP contribution is -2.49. The average molecular weight is 551 g/mol. The van der Waals surface area contributed by atoms with Gasteiger partial charge in [0.1, 0.15) is 0 Å². The number of halogens is 1. The first-order chi connectivity index (χ1) is 15.0. The summed E-state index contributed by atoms with van der Waals surface area (Å²) in [6.07, 6.45) is 5.12. The van der Waals surface area contributed by atoms with E-state index in [2.05, 4.69) is 31.8 Å². The van der Waals surface area contributed by atoms with Crippen LogP contribution in [-0.2, 0) is 18.4 Å². The lowest BCUT2D eigenvalue weighted by Gasteiger charge is -2.26. The molecule has 0 saturated carbocycles. The van der Waals surface area contributed by atoms with E-state index >= 15 is 0 Å². The average Bonchev–Trinajstić information content (AvgIpc) is 3.43. The summed E-state index contributed by atoms with van der Waals surface area (Å²) in [6.45, 7) is 3.66. The topological polar surface area (TPSA) is 94.9 Å². The van der Waals surface area contributed by atoms with Gasteiger partial charge in [0.05, 0.1) is 12.7 Å². The second-order valence-electron chi connectivity index (χ2n) is 8.05. The van der Waals surface area contributed by atoms with Crippen LogP contribution < -0.4 is 10.6 Å². The van der Waals surface area contributed by atoms with Crippen LogP contribution in [0.2, 0.25) is 0 Å². The first kappa shape index (κ1) is 24.0. The third-order valence-corrected chi connectivity index (χ3v) is 5.87. The SMILES string of the molecule is CN=C(NCc1ccc(C(=O)N2CCNC(=O)C2)cc1)N1CCC(c2cnn(C)c2)C1.I. The number of carbonyl (C=O) groups excluding carboxylic acids is 2. The van der Waals surface area contributed by atoms with Gasteiger partial charge in [0.15, 0.2) is 5.96 Å². The van der Waals surface area contributed by atoms with E-state index in [1.807, 2.05) is 42.2 Å². The summed E-state index contributed by atoms with van der Waals surface area (Å²) in [7, 11) is 3.75. The van der Waals surface area contributed by atoms with Gasteiger partial charge in [0.25, 0.3) is 5.91 Å². The molecule has 0 aliphatic carbocycles. The molecule has 3 heterocycles. The Bertz CT molecular complexity index is 973. The minimum Gasteiger partial charge on any atom is -0.353 e. The predicted octanol–water partition coefficient (Wildman–Crippen LogP) is 1.18.